The highest BCUT2D eigenvalue weighted by Crippen LogP contribution is 2.17. The Morgan fingerprint density at radius 3 is 2.92 bits per heavy atom. The molecule has 0 saturated heterocycles. The highest BCUT2D eigenvalue weighted by Gasteiger charge is 2.18. The number of hydrogen-bond donors (Lipinski definition) is 2. The van der Waals surface area contributed by atoms with Crippen LogP contribution in [-0.2, 0) is 11.2 Å². The van der Waals surface area contributed by atoms with E-state index in [1.165, 1.54) is 29.9 Å². The molecule has 0 aliphatic rings. The van der Waals surface area contributed by atoms with Gasteiger partial charge in [0.1, 0.15) is 5.69 Å². The molecule has 0 atom stereocenters. The zero-order valence-electron chi connectivity index (χ0n) is 12.4. The van der Waals surface area contributed by atoms with E-state index in [-0.39, 0.29) is 24.0 Å². The number of nitrogens with one attached hydrogen (secondary N) is 2. The number of thiazole rings is 1. The average molecular weight is 345 g/mol. The molecule has 0 saturated carbocycles. The van der Waals surface area contributed by atoms with Crippen LogP contribution in [0.5, 0.6) is 0 Å². The minimum atomic E-state index is -0.599. The second kappa shape index (κ2) is 6.91. The summed E-state index contributed by atoms with van der Waals surface area (Å²) in [4.78, 5) is 39.4. The van der Waals surface area contributed by atoms with Gasteiger partial charge in [0.15, 0.2) is 5.13 Å². The van der Waals surface area contributed by atoms with Crippen LogP contribution in [0.15, 0.2) is 28.5 Å². The number of aromatic nitrogens is 5. The molecule has 3 heterocycles. The number of carbonyl (C=O) groups excluding carboxylic acids is 2. The summed E-state index contributed by atoms with van der Waals surface area (Å²) in [5.74, 6) is -0.825. The van der Waals surface area contributed by atoms with Crippen LogP contribution in [0.25, 0.3) is 11.5 Å². The Bertz CT molecular complexity index is 861. The lowest BCUT2D eigenvalue weighted by atomic mass is 10.3. The maximum atomic E-state index is 12.1. The summed E-state index contributed by atoms with van der Waals surface area (Å²) in [7, 11) is 1.54. The summed E-state index contributed by atoms with van der Waals surface area (Å²) in [6.07, 6.45) is 4.59. The van der Waals surface area contributed by atoms with Crippen molar-refractivity contribution >= 4 is 28.3 Å². The standard InChI is InChI=1S/C13H11N7O3S/c1-14-9(21)4-7-6-24-13(17-7)19-11(22)12-18-10(20-23-12)8-5-15-2-3-16-8/h2-3,5-6H,4H2,1H3,(H,14,21)(H,17,19,22). The third-order valence-electron chi connectivity index (χ3n) is 2.81. The number of likely N-dealkylation sites (N-methyl/N-ethyl adjacent to an activating group) is 1. The normalized spacial score (nSPS) is 10.4. The summed E-state index contributed by atoms with van der Waals surface area (Å²) in [5.41, 5.74) is 0.947. The Morgan fingerprint density at radius 2 is 2.17 bits per heavy atom. The Kier molecular flexibility index (Phi) is 4.52. The fraction of sp³-hybridized carbons (Fsp3) is 0.154. The van der Waals surface area contributed by atoms with E-state index in [1.807, 2.05) is 0 Å². The maximum Gasteiger partial charge on any atom is 0.316 e. The first-order valence-electron chi connectivity index (χ1n) is 6.72. The first kappa shape index (κ1) is 15.7. The van der Waals surface area contributed by atoms with Gasteiger partial charge in [-0.25, -0.2) is 9.97 Å². The SMILES string of the molecule is CNC(=O)Cc1csc(NC(=O)c2nc(-c3cnccn3)no2)n1. The molecule has 10 nitrogen and oxygen atoms in total. The van der Waals surface area contributed by atoms with E-state index in [0.717, 1.165) is 0 Å². The van der Waals surface area contributed by atoms with E-state index in [1.54, 1.807) is 12.4 Å². The molecule has 0 aromatic carbocycles. The number of nitrogens with zero attached hydrogens (tertiary/aromatic N) is 5. The highest BCUT2D eigenvalue weighted by molar-refractivity contribution is 7.14. The zero-order valence-corrected chi connectivity index (χ0v) is 13.2. The summed E-state index contributed by atoms with van der Waals surface area (Å²) in [5, 5.41) is 10.7. The lowest BCUT2D eigenvalue weighted by molar-refractivity contribution is -0.120. The molecule has 0 aliphatic carbocycles. The van der Waals surface area contributed by atoms with Crippen LogP contribution in [0.4, 0.5) is 5.13 Å². The van der Waals surface area contributed by atoms with Crippen LogP contribution >= 0.6 is 11.3 Å². The van der Waals surface area contributed by atoms with Gasteiger partial charge in [-0.3, -0.25) is 19.9 Å². The van der Waals surface area contributed by atoms with E-state index in [2.05, 4.69) is 35.7 Å². The minimum absolute atomic E-state index is 0.139. The molecule has 0 fully saturated rings. The first-order valence-corrected chi connectivity index (χ1v) is 7.60. The second-order valence-electron chi connectivity index (χ2n) is 4.46. The molecular formula is C13H11N7O3S. The summed E-state index contributed by atoms with van der Waals surface area (Å²) < 4.78 is 4.91. The first-order chi connectivity index (χ1) is 11.7. The van der Waals surface area contributed by atoms with Gasteiger partial charge < -0.3 is 9.84 Å². The number of amides is 2. The number of carbonyl (C=O) groups is 2. The number of rotatable bonds is 5. The van der Waals surface area contributed by atoms with Gasteiger partial charge in [-0.2, -0.15) is 4.98 Å². The smallest absolute Gasteiger partial charge is 0.316 e. The van der Waals surface area contributed by atoms with Crippen molar-refractivity contribution in [1.82, 2.24) is 30.4 Å². The van der Waals surface area contributed by atoms with Crippen molar-refractivity contribution in [3.8, 4) is 11.5 Å². The van der Waals surface area contributed by atoms with Crippen molar-refractivity contribution in [2.24, 2.45) is 0 Å². The highest BCUT2D eigenvalue weighted by atomic mass is 32.1. The second-order valence-corrected chi connectivity index (χ2v) is 5.32. The molecule has 24 heavy (non-hydrogen) atoms. The lowest BCUT2D eigenvalue weighted by Gasteiger charge is -1.96. The molecule has 0 spiro atoms. The maximum absolute atomic E-state index is 12.1. The zero-order chi connectivity index (χ0) is 16.9. The minimum Gasteiger partial charge on any atom is -0.359 e. The molecule has 3 rings (SSSR count). The van der Waals surface area contributed by atoms with Crippen molar-refractivity contribution in [3.63, 3.8) is 0 Å². The summed E-state index contributed by atoms with van der Waals surface area (Å²) in [6.45, 7) is 0. The van der Waals surface area contributed by atoms with E-state index >= 15 is 0 Å². The van der Waals surface area contributed by atoms with Gasteiger partial charge in [0.05, 0.1) is 18.3 Å². The predicted octanol–water partition coefficient (Wildman–Crippen LogP) is 0.524. The van der Waals surface area contributed by atoms with Crippen molar-refractivity contribution in [1.29, 1.82) is 0 Å². The van der Waals surface area contributed by atoms with Gasteiger partial charge in [0.2, 0.25) is 11.7 Å². The van der Waals surface area contributed by atoms with Crippen molar-refractivity contribution < 1.29 is 14.1 Å². The summed E-state index contributed by atoms with van der Waals surface area (Å²) in [6, 6.07) is 0. The number of hydrogen-bond acceptors (Lipinski definition) is 9. The third-order valence-corrected chi connectivity index (χ3v) is 3.61. The van der Waals surface area contributed by atoms with Gasteiger partial charge in [0, 0.05) is 24.8 Å². The Labute approximate surface area is 139 Å². The van der Waals surface area contributed by atoms with Crippen LogP contribution in [0.1, 0.15) is 16.4 Å². The van der Waals surface area contributed by atoms with Gasteiger partial charge >= 0.3 is 11.8 Å². The molecule has 0 bridgehead atoms. The molecule has 3 aromatic heterocycles. The van der Waals surface area contributed by atoms with Crippen LogP contribution in [0.2, 0.25) is 0 Å². The van der Waals surface area contributed by atoms with Crippen molar-refractivity contribution in [2.75, 3.05) is 12.4 Å². The average Bonchev–Trinajstić information content (AvgIpc) is 3.25. The van der Waals surface area contributed by atoms with E-state index in [0.29, 0.717) is 16.5 Å². The van der Waals surface area contributed by atoms with E-state index < -0.39 is 5.91 Å². The van der Waals surface area contributed by atoms with Gasteiger partial charge in [-0.1, -0.05) is 5.16 Å². The Hall–Kier alpha value is -3.21. The Balaban J connectivity index is 1.67. The lowest BCUT2D eigenvalue weighted by Crippen LogP contribution is -2.20. The van der Waals surface area contributed by atoms with Gasteiger partial charge in [0.25, 0.3) is 0 Å². The van der Waals surface area contributed by atoms with E-state index in [4.69, 9.17) is 4.52 Å². The quantitative estimate of drug-likeness (QED) is 0.683. The largest absolute Gasteiger partial charge is 0.359 e. The van der Waals surface area contributed by atoms with Crippen LogP contribution < -0.4 is 10.6 Å². The van der Waals surface area contributed by atoms with Gasteiger partial charge in [-0.05, 0) is 0 Å². The molecular weight excluding hydrogens is 334 g/mol. The molecule has 0 radical (unpaired) electrons. The molecule has 2 N–H and O–H groups in total. The summed E-state index contributed by atoms with van der Waals surface area (Å²) >= 11 is 1.19. The fourth-order valence-corrected chi connectivity index (χ4v) is 2.39. The third kappa shape index (κ3) is 3.57. The van der Waals surface area contributed by atoms with Crippen LogP contribution in [0.3, 0.4) is 0 Å². The van der Waals surface area contributed by atoms with E-state index in [9.17, 15) is 9.59 Å². The molecule has 0 aliphatic heterocycles. The monoisotopic (exact) mass is 345 g/mol. The molecule has 11 heteroatoms. The number of anilines is 1. The van der Waals surface area contributed by atoms with Crippen LogP contribution in [0, 0.1) is 0 Å². The molecule has 122 valence electrons. The Morgan fingerprint density at radius 1 is 1.29 bits per heavy atom. The molecule has 0 unspecified atom stereocenters. The fourth-order valence-electron chi connectivity index (χ4n) is 1.68. The topological polar surface area (TPSA) is 136 Å². The van der Waals surface area contributed by atoms with Gasteiger partial charge in [-0.15, -0.1) is 11.3 Å². The molecule has 3 aromatic rings. The van der Waals surface area contributed by atoms with Crippen molar-refractivity contribution in [2.45, 2.75) is 6.42 Å². The van der Waals surface area contributed by atoms with Crippen molar-refractivity contribution in [3.05, 3.63) is 35.6 Å². The molecule has 2 amide bonds. The predicted molar refractivity (Wildman–Crippen MR) is 83.2 cm³/mol. The van der Waals surface area contributed by atoms with Crippen LogP contribution in [-0.4, -0.2) is 44.0 Å².